The largest absolute Gasteiger partial charge is 0.497 e. The predicted octanol–water partition coefficient (Wildman–Crippen LogP) is 2.17. The van der Waals surface area contributed by atoms with Crippen molar-refractivity contribution < 1.29 is 9.53 Å². The van der Waals surface area contributed by atoms with Crippen LogP contribution in [0.25, 0.3) is 22.4 Å². The number of fused-ring (bicyclic) bond motifs is 1. The number of hydrogen-bond acceptors (Lipinski definition) is 6. The van der Waals surface area contributed by atoms with Crippen molar-refractivity contribution in [3.8, 4) is 17.1 Å². The van der Waals surface area contributed by atoms with Crippen LogP contribution in [0.2, 0.25) is 0 Å². The van der Waals surface area contributed by atoms with Gasteiger partial charge in [-0.25, -0.2) is 4.98 Å². The highest BCUT2D eigenvalue weighted by atomic mass is 16.5. The molecule has 2 aromatic heterocycles. The highest BCUT2D eigenvalue weighted by Gasteiger charge is 2.11. The van der Waals surface area contributed by atoms with Crippen molar-refractivity contribution >= 4 is 22.6 Å². The van der Waals surface area contributed by atoms with Crippen LogP contribution in [0.5, 0.6) is 5.75 Å². The fourth-order valence-corrected chi connectivity index (χ4v) is 2.71. The zero-order chi connectivity index (χ0) is 18.8. The Balaban J connectivity index is 1.45. The Hall–Kier alpha value is -3.75. The number of nitrogens with one attached hydrogen (secondary N) is 2. The number of hydrogen-bond donors (Lipinski definition) is 2. The number of imidazole rings is 1. The lowest BCUT2D eigenvalue weighted by Crippen LogP contribution is -2.20. The van der Waals surface area contributed by atoms with Gasteiger partial charge in [-0.15, -0.1) is 10.2 Å². The highest BCUT2D eigenvalue weighted by molar-refractivity contribution is 5.90. The van der Waals surface area contributed by atoms with Crippen molar-refractivity contribution in [3.05, 3.63) is 48.3 Å². The molecule has 9 nitrogen and oxygen atoms in total. The van der Waals surface area contributed by atoms with Crippen LogP contribution in [0.15, 0.2) is 42.5 Å². The lowest BCUT2D eigenvalue weighted by molar-refractivity contribution is -0.117. The summed E-state index contributed by atoms with van der Waals surface area (Å²) in [4.78, 5) is 21.0. The second-order valence-corrected chi connectivity index (χ2v) is 5.97. The standard InChI is InChI=1S/C18H17N7O2/c1-11-19-15-8-3-12(9-16(15)20-11)18-22-24-25(23-18)10-17(26)21-13-4-6-14(27-2)7-5-13/h3-9H,10H2,1-2H3,(H,19,20)(H,21,26). The molecule has 0 aliphatic rings. The molecule has 4 aromatic rings. The Morgan fingerprint density at radius 1 is 1.22 bits per heavy atom. The number of benzene rings is 2. The van der Waals surface area contributed by atoms with E-state index in [-0.39, 0.29) is 12.5 Å². The summed E-state index contributed by atoms with van der Waals surface area (Å²) < 4.78 is 5.09. The SMILES string of the molecule is COc1ccc(NC(=O)Cn2nnc(-c3ccc4nc(C)[nH]c4c3)n2)cc1. The van der Waals surface area contributed by atoms with E-state index in [1.807, 2.05) is 25.1 Å². The third-order valence-electron chi connectivity index (χ3n) is 3.97. The summed E-state index contributed by atoms with van der Waals surface area (Å²) in [6.45, 7) is 1.86. The van der Waals surface area contributed by atoms with Crippen LogP contribution in [0.3, 0.4) is 0 Å². The molecule has 0 radical (unpaired) electrons. The summed E-state index contributed by atoms with van der Waals surface area (Å²) in [6.07, 6.45) is 0. The predicted molar refractivity (Wildman–Crippen MR) is 99.3 cm³/mol. The van der Waals surface area contributed by atoms with Crippen molar-refractivity contribution in [2.24, 2.45) is 0 Å². The molecule has 0 aliphatic heterocycles. The number of H-pyrrole nitrogens is 1. The normalized spacial score (nSPS) is 10.9. The van der Waals surface area contributed by atoms with E-state index in [1.54, 1.807) is 31.4 Å². The van der Waals surface area contributed by atoms with E-state index in [0.717, 1.165) is 28.2 Å². The summed E-state index contributed by atoms with van der Waals surface area (Å²) in [5.41, 5.74) is 3.25. The molecule has 4 rings (SSSR count). The maximum atomic E-state index is 12.2. The second kappa shape index (κ2) is 6.87. The molecule has 9 heteroatoms. The number of rotatable bonds is 5. The van der Waals surface area contributed by atoms with Gasteiger partial charge in [0.1, 0.15) is 18.1 Å². The first-order valence-corrected chi connectivity index (χ1v) is 8.29. The van der Waals surface area contributed by atoms with Gasteiger partial charge in [0.15, 0.2) is 0 Å². The molecule has 0 bridgehead atoms. The molecular weight excluding hydrogens is 346 g/mol. The number of aromatic nitrogens is 6. The fraction of sp³-hybridized carbons (Fsp3) is 0.167. The minimum Gasteiger partial charge on any atom is -0.497 e. The fourth-order valence-electron chi connectivity index (χ4n) is 2.71. The minimum absolute atomic E-state index is 0.0373. The van der Waals surface area contributed by atoms with Gasteiger partial charge in [-0.3, -0.25) is 4.79 Å². The molecule has 0 spiro atoms. The molecule has 2 N–H and O–H groups in total. The van der Waals surface area contributed by atoms with Gasteiger partial charge in [0.25, 0.3) is 0 Å². The van der Waals surface area contributed by atoms with Crippen molar-refractivity contribution in [2.45, 2.75) is 13.5 Å². The van der Waals surface area contributed by atoms with Gasteiger partial charge >= 0.3 is 0 Å². The number of carbonyl (C=O) groups is 1. The van der Waals surface area contributed by atoms with E-state index in [0.29, 0.717) is 11.5 Å². The number of tetrazole rings is 1. The van der Waals surface area contributed by atoms with E-state index < -0.39 is 0 Å². The van der Waals surface area contributed by atoms with E-state index >= 15 is 0 Å². The molecule has 136 valence electrons. The van der Waals surface area contributed by atoms with Crippen molar-refractivity contribution in [1.29, 1.82) is 0 Å². The average Bonchev–Trinajstić information content (AvgIpc) is 3.27. The molecule has 0 aliphatic carbocycles. The Morgan fingerprint density at radius 3 is 2.81 bits per heavy atom. The minimum atomic E-state index is -0.247. The average molecular weight is 363 g/mol. The summed E-state index contributed by atoms with van der Waals surface area (Å²) in [5, 5.41) is 15.1. The molecule has 0 saturated heterocycles. The number of anilines is 1. The first kappa shape index (κ1) is 16.7. The quantitative estimate of drug-likeness (QED) is 0.562. The number of nitrogens with zero attached hydrogens (tertiary/aromatic N) is 5. The molecule has 0 unspecified atom stereocenters. The zero-order valence-electron chi connectivity index (χ0n) is 14.8. The topological polar surface area (TPSA) is 111 Å². The van der Waals surface area contributed by atoms with E-state index in [4.69, 9.17) is 4.74 Å². The van der Waals surface area contributed by atoms with Gasteiger partial charge in [-0.1, -0.05) is 0 Å². The van der Waals surface area contributed by atoms with Gasteiger partial charge in [-0.05, 0) is 54.6 Å². The lowest BCUT2D eigenvalue weighted by atomic mass is 10.2. The van der Waals surface area contributed by atoms with Crippen LogP contribution in [0.4, 0.5) is 5.69 Å². The van der Waals surface area contributed by atoms with E-state index in [1.165, 1.54) is 4.80 Å². The molecule has 2 aromatic carbocycles. The Morgan fingerprint density at radius 2 is 2.04 bits per heavy atom. The number of aryl methyl sites for hydroxylation is 1. The number of carbonyl (C=O) groups excluding carboxylic acids is 1. The Kier molecular flexibility index (Phi) is 4.25. The van der Waals surface area contributed by atoms with Gasteiger partial charge < -0.3 is 15.0 Å². The van der Waals surface area contributed by atoms with Crippen LogP contribution in [0, 0.1) is 6.92 Å². The maximum Gasteiger partial charge on any atom is 0.248 e. The van der Waals surface area contributed by atoms with Crippen molar-refractivity contribution in [1.82, 2.24) is 30.2 Å². The van der Waals surface area contributed by atoms with E-state index in [9.17, 15) is 4.79 Å². The summed E-state index contributed by atoms with van der Waals surface area (Å²) >= 11 is 0. The smallest absolute Gasteiger partial charge is 0.248 e. The monoisotopic (exact) mass is 363 g/mol. The van der Waals surface area contributed by atoms with Crippen LogP contribution < -0.4 is 10.1 Å². The number of ether oxygens (including phenoxy) is 1. The summed E-state index contributed by atoms with van der Waals surface area (Å²) in [7, 11) is 1.59. The van der Waals surface area contributed by atoms with Crippen molar-refractivity contribution in [3.63, 3.8) is 0 Å². The van der Waals surface area contributed by atoms with Crippen LogP contribution >= 0.6 is 0 Å². The molecular formula is C18H17N7O2. The third-order valence-corrected chi connectivity index (χ3v) is 3.97. The van der Waals surface area contributed by atoms with E-state index in [2.05, 4.69) is 30.7 Å². The first-order chi connectivity index (χ1) is 13.1. The van der Waals surface area contributed by atoms with Gasteiger partial charge in [0, 0.05) is 11.3 Å². The maximum absolute atomic E-state index is 12.2. The highest BCUT2D eigenvalue weighted by Crippen LogP contribution is 2.20. The molecule has 1 amide bonds. The Bertz CT molecular complexity index is 1100. The third kappa shape index (κ3) is 3.61. The molecule has 0 atom stereocenters. The van der Waals surface area contributed by atoms with Gasteiger partial charge in [-0.2, -0.15) is 4.80 Å². The number of amides is 1. The summed E-state index contributed by atoms with van der Waals surface area (Å²) in [5.74, 6) is 1.76. The van der Waals surface area contributed by atoms with Gasteiger partial charge in [0.2, 0.25) is 11.7 Å². The molecule has 2 heterocycles. The first-order valence-electron chi connectivity index (χ1n) is 8.29. The van der Waals surface area contributed by atoms with Crippen LogP contribution in [-0.4, -0.2) is 43.2 Å². The van der Waals surface area contributed by atoms with Crippen LogP contribution in [0.1, 0.15) is 5.82 Å². The van der Waals surface area contributed by atoms with Crippen LogP contribution in [-0.2, 0) is 11.3 Å². The lowest BCUT2D eigenvalue weighted by Gasteiger charge is -2.05. The molecule has 0 saturated carbocycles. The molecule has 27 heavy (non-hydrogen) atoms. The second-order valence-electron chi connectivity index (χ2n) is 5.97. The zero-order valence-corrected chi connectivity index (χ0v) is 14.8. The van der Waals surface area contributed by atoms with Crippen molar-refractivity contribution in [2.75, 3.05) is 12.4 Å². The Labute approximate surface area is 154 Å². The number of methoxy groups -OCH3 is 1. The molecule has 0 fully saturated rings. The summed E-state index contributed by atoms with van der Waals surface area (Å²) in [6, 6.07) is 12.8. The van der Waals surface area contributed by atoms with Gasteiger partial charge in [0.05, 0.1) is 18.1 Å². The number of aromatic amines is 1.